The van der Waals surface area contributed by atoms with E-state index in [1.165, 1.54) is 75.2 Å². The number of halogens is 4. The first-order valence-corrected chi connectivity index (χ1v) is 14.6. The number of unbranched alkanes of at least 4 members (excludes halogenated alkanes) is 14. The second-order valence-corrected chi connectivity index (χ2v) is 10.2. The van der Waals surface area contributed by atoms with Crippen LogP contribution in [0.4, 0.5) is 13.2 Å². The lowest BCUT2D eigenvalue weighted by Crippen LogP contribution is -2.06. The van der Waals surface area contributed by atoms with E-state index in [1.807, 2.05) is 0 Å². The third kappa shape index (κ3) is 23.0. The molecule has 0 unspecified atom stereocenters. The fourth-order valence-electron chi connectivity index (χ4n) is 2.89. The van der Waals surface area contributed by atoms with Gasteiger partial charge in [0.05, 0.1) is 0 Å². The summed E-state index contributed by atoms with van der Waals surface area (Å²) in [6.45, 7) is 0. The summed E-state index contributed by atoms with van der Waals surface area (Å²) in [6.07, 6.45) is 13.4. The Kier molecular flexibility index (Phi) is 18.7. The zero-order chi connectivity index (χ0) is 17.2. The largest absolute Gasteiger partial charge is 0.468 e. The fraction of sp³-hybridized carbons (Fsp3) is 1.00. The molecular formula is C18H34BrF3Mg. The van der Waals surface area contributed by atoms with Gasteiger partial charge in [0, 0.05) is 6.42 Å². The lowest BCUT2D eigenvalue weighted by molar-refractivity contribution is -0.135. The van der Waals surface area contributed by atoms with Crippen LogP contribution < -0.4 is 0 Å². The van der Waals surface area contributed by atoms with E-state index in [4.69, 9.17) is 0 Å². The highest BCUT2D eigenvalue weighted by atomic mass is 79.9. The second kappa shape index (κ2) is 17.8. The van der Waals surface area contributed by atoms with Crippen LogP contribution in [0, 0.1) is 0 Å². The molecule has 0 N–H and O–H groups in total. The number of rotatable bonds is 17. The highest BCUT2D eigenvalue weighted by Gasteiger charge is 2.25. The molecule has 0 aliphatic heterocycles. The summed E-state index contributed by atoms with van der Waals surface area (Å²) in [7, 11) is 0. The lowest BCUT2D eigenvalue weighted by atomic mass is 10.0. The predicted octanol–water partition coefficient (Wildman–Crippen LogP) is 8.22. The van der Waals surface area contributed by atoms with Gasteiger partial charge in [0.2, 0.25) is 0 Å². The van der Waals surface area contributed by atoms with E-state index in [1.54, 1.807) is 0 Å². The van der Waals surface area contributed by atoms with Crippen molar-refractivity contribution in [1.29, 1.82) is 0 Å². The lowest BCUT2D eigenvalue weighted by Gasteiger charge is -2.05. The Hall–Kier alpha value is 1.04. The van der Waals surface area contributed by atoms with Crippen LogP contribution in [0.5, 0.6) is 0 Å². The molecule has 0 fully saturated rings. The summed E-state index contributed by atoms with van der Waals surface area (Å²) in [5.41, 5.74) is 0. The highest BCUT2D eigenvalue weighted by molar-refractivity contribution is 9.23. The van der Waals surface area contributed by atoms with E-state index in [2.05, 4.69) is 12.9 Å². The summed E-state index contributed by atoms with van der Waals surface area (Å²) in [4.78, 5) is 0. The summed E-state index contributed by atoms with van der Waals surface area (Å²) >= 11 is 3.71. The average molecular weight is 412 g/mol. The molecule has 0 aliphatic rings. The van der Waals surface area contributed by atoms with Gasteiger partial charge >= 0.3 is 24.4 Å². The molecule has 5 heteroatoms. The second-order valence-electron chi connectivity index (χ2n) is 6.71. The zero-order valence-electron chi connectivity index (χ0n) is 14.7. The maximum absolute atomic E-state index is 12.0. The SMILES string of the molecule is FC(F)(F)CCCCCCCCCCCCCCCC[CH2][Mg][Br]. The van der Waals surface area contributed by atoms with Crippen LogP contribution in [0.2, 0.25) is 4.55 Å². The molecule has 0 spiro atoms. The molecule has 0 nitrogen and oxygen atoms in total. The summed E-state index contributed by atoms with van der Waals surface area (Å²) in [6, 6.07) is 0. The third-order valence-corrected chi connectivity index (χ3v) is 6.79. The zero-order valence-corrected chi connectivity index (χ0v) is 17.7. The standard InChI is InChI=1S/C18H34F3.BrH.Mg/c1-2-3-4-5-6-7-8-9-10-11-12-13-14-15-16-17-18(19,20)21;;/h1-17H2;1H;/q;;+1/p-1. The molecule has 0 aromatic heterocycles. The van der Waals surface area contributed by atoms with Crippen LogP contribution in [-0.4, -0.2) is 24.4 Å². The van der Waals surface area contributed by atoms with Gasteiger partial charge in [-0.05, 0) is 6.42 Å². The third-order valence-electron chi connectivity index (χ3n) is 4.34. The smallest absolute Gasteiger partial charge is 0.307 e. The van der Waals surface area contributed by atoms with E-state index in [9.17, 15) is 13.2 Å². The van der Waals surface area contributed by atoms with Crippen LogP contribution >= 0.6 is 12.9 Å². The van der Waals surface area contributed by atoms with Crippen molar-refractivity contribution < 1.29 is 13.2 Å². The van der Waals surface area contributed by atoms with Crippen LogP contribution in [0.1, 0.15) is 103 Å². The van der Waals surface area contributed by atoms with Crippen molar-refractivity contribution >= 4 is 31.1 Å². The molecule has 0 rings (SSSR count). The molecule has 0 bridgehead atoms. The maximum Gasteiger partial charge on any atom is 0.468 e. The van der Waals surface area contributed by atoms with Gasteiger partial charge in [-0.25, -0.2) is 0 Å². The Balaban J connectivity index is 3.00. The van der Waals surface area contributed by atoms with Gasteiger partial charge in [-0.3, -0.25) is 0 Å². The van der Waals surface area contributed by atoms with Crippen molar-refractivity contribution in [2.45, 2.75) is 113 Å². The van der Waals surface area contributed by atoms with Gasteiger partial charge in [0.25, 0.3) is 0 Å². The summed E-state index contributed by atoms with van der Waals surface area (Å²) in [5, 5.41) is 0. The Morgan fingerprint density at radius 2 is 0.826 bits per heavy atom. The van der Waals surface area contributed by atoms with Crippen molar-refractivity contribution in [3.63, 3.8) is 0 Å². The number of hydrogen-bond acceptors (Lipinski definition) is 0. The van der Waals surface area contributed by atoms with Gasteiger partial charge in [-0.2, -0.15) is 13.2 Å². The topological polar surface area (TPSA) is 0 Å². The highest BCUT2D eigenvalue weighted by Crippen LogP contribution is 2.23. The fourth-order valence-corrected chi connectivity index (χ4v) is 4.63. The number of hydrogen-bond donors (Lipinski definition) is 0. The summed E-state index contributed by atoms with van der Waals surface area (Å²) in [5.74, 6) is 0. The first kappa shape index (κ1) is 24.0. The van der Waals surface area contributed by atoms with Gasteiger partial charge in [0.1, 0.15) is 0 Å². The predicted molar refractivity (Wildman–Crippen MR) is 99.4 cm³/mol. The molecule has 23 heavy (non-hydrogen) atoms. The molecular weight excluding hydrogens is 377 g/mol. The minimum absolute atomic E-state index is 0.111. The Morgan fingerprint density at radius 1 is 0.522 bits per heavy atom. The normalized spacial score (nSPS) is 11.7. The van der Waals surface area contributed by atoms with Gasteiger partial charge in [-0.15, -0.1) is 4.55 Å². The minimum atomic E-state index is -3.96. The first-order valence-electron chi connectivity index (χ1n) is 9.69. The molecule has 0 radical (unpaired) electrons. The molecule has 0 aromatic rings. The molecule has 0 atom stereocenters. The van der Waals surface area contributed by atoms with Crippen LogP contribution in [-0.2, 0) is 0 Å². The van der Waals surface area contributed by atoms with Crippen molar-refractivity contribution in [2.24, 2.45) is 0 Å². The van der Waals surface area contributed by atoms with Gasteiger partial charge in [-0.1, -0.05) is 89.9 Å². The molecule has 0 saturated carbocycles. The maximum atomic E-state index is 12.0. The Morgan fingerprint density at radius 3 is 1.13 bits per heavy atom. The van der Waals surface area contributed by atoms with Crippen LogP contribution in [0.25, 0.3) is 0 Å². The molecule has 0 amide bonds. The summed E-state index contributed by atoms with van der Waals surface area (Å²) < 4.78 is 37.3. The Bertz CT molecular complexity index is 235. The monoisotopic (exact) mass is 410 g/mol. The average Bonchev–Trinajstić information content (AvgIpc) is 2.49. The van der Waals surface area contributed by atoms with E-state index in [-0.39, 0.29) is 18.2 Å². The van der Waals surface area contributed by atoms with E-state index in [0.29, 0.717) is 6.42 Å². The molecule has 0 aromatic carbocycles. The van der Waals surface area contributed by atoms with Crippen molar-refractivity contribution in [2.75, 3.05) is 0 Å². The van der Waals surface area contributed by atoms with E-state index < -0.39 is 12.6 Å². The van der Waals surface area contributed by atoms with E-state index >= 15 is 0 Å². The van der Waals surface area contributed by atoms with Crippen molar-refractivity contribution in [1.82, 2.24) is 0 Å². The van der Waals surface area contributed by atoms with Gasteiger partial charge < -0.3 is 12.9 Å². The minimum Gasteiger partial charge on any atom is -0.307 e. The molecule has 0 aliphatic carbocycles. The van der Waals surface area contributed by atoms with Crippen molar-refractivity contribution in [3.8, 4) is 0 Å². The quantitative estimate of drug-likeness (QED) is 0.167. The molecule has 0 saturated heterocycles. The Labute approximate surface area is 157 Å². The first-order chi connectivity index (χ1) is 11.1. The molecule has 0 heterocycles. The number of alkyl halides is 3. The van der Waals surface area contributed by atoms with Gasteiger partial charge in [0.15, 0.2) is 0 Å². The molecule has 136 valence electrons. The van der Waals surface area contributed by atoms with Crippen LogP contribution in [0.3, 0.4) is 0 Å². The van der Waals surface area contributed by atoms with Crippen LogP contribution in [0.15, 0.2) is 0 Å². The van der Waals surface area contributed by atoms with Crippen molar-refractivity contribution in [3.05, 3.63) is 0 Å². The van der Waals surface area contributed by atoms with E-state index in [0.717, 1.165) is 19.3 Å².